The van der Waals surface area contributed by atoms with Gasteiger partial charge in [0.15, 0.2) is 5.65 Å². The summed E-state index contributed by atoms with van der Waals surface area (Å²) in [6.45, 7) is 1.97. The summed E-state index contributed by atoms with van der Waals surface area (Å²) >= 11 is 3.56. The molecule has 5 rings (SSSR count). The minimum atomic E-state index is 0.581. The van der Waals surface area contributed by atoms with Crippen molar-refractivity contribution >= 4 is 43.7 Å². The van der Waals surface area contributed by atoms with Crippen LogP contribution >= 0.6 is 15.9 Å². The summed E-state index contributed by atoms with van der Waals surface area (Å²) in [6.07, 6.45) is 6.06. The molecule has 1 aliphatic rings. The summed E-state index contributed by atoms with van der Waals surface area (Å²) in [5, 5.41) is 6.79. The number of piperidine rings is 1. The van der Waals surface area contributed by atoms with Crippen molar-refractivity contribution in [3.05, 3.63) is 47.0 Å². The molecule has 26 heavy (non-hydrogen) atoms. The van der Waals surface area contributed by atoms with E-state index in [2.05, 4.69) is 71.3 Å². The lowest BCUT2D eigenvalue weighted by Crippen LogP contribution is -2.33. The van der Waals surface area contributed by atoms with Crippen LogP contribution in [0, 0.1) is 0 Å². The van der Waals surface area contributed by atoms with Gasteiger partial charge in [0.1, 0.15) is 16.7 Å². The molecule has 0 unspecified atom stereocenters. The van der Waals surface area contributed by atoms with E-state index in [0.29, 0.717) is 5.92 Å². The maximum Gasteiger partial charge on any atom is 0.164 e. The van der Waals surface area contributed by atoms with Crippen LogP contribution in [-0.4, -0.2) is 37.8 Å². The molecule has 4 aromatic rings. The van der Waals surface area contributed by atoms with E-state index in [1.165, 1.54) is 16.5 Å². The summed E-state index contributed by atoms with van der Waals surface area (Å²) in [7, 11) is 1.91. The summed E-state index contributed by atoms with van der Waals surface area (Å²) in [5.41, 5.74) is 3.53. The molecule has 4 heterocycles. The molecule has 1 aliphatic heterocycles. The Hall–Kier alpha value is -2.41. The number of nitrogens with zero attached hydrogens (tertiary/aromatic N) is 5. The zero-order chi connectivity index (χ0) is 17.7. The molecule has 6 nitrogen and oxygen atoms in total. The third-order valence-corrected chi connectivity index (χ3v) is 5.97. The third-order valence-electron chi connectivity index (χ3n) is 5.41. The van der Waals surface area contributed by atoms with Crippen LogP contribution in [0.2, 0.25) is 0 Å². The van der Waals surface area contributed by atoms with Gasteiger partial charge in [0.2, 0.25) is 0 Å². The van der Waals surface area contributed by atoms with Crippen LogP contribution in [0.4, 0.5) is 5.82 Å². The van der Waals surface area contributed by atoms with Crippen molar-refractivity contribution in [1.29, 1.82) is 0 Å². The number of aromatic nitrogens is 5. The molecule has 0 spiro atoms. The topological polar surface area (TPSA) is 62.6 Å². The van der Waals surface area contributed by atoms with Gasteiger partial charge < -0.3 is 9.88 Å². The average Bonchev–Trinajstić information content (AvgIpc) is 3.23. The number of aryl methyl sites for hydroxylation is 1. The molecule has 7 heteroatoms. The molecule has 0 radical (unpaired) electrons. The van der Waals surface area contributed by atoms with Crippen LogP contribution in [0.3, 0.4) is 0 Å². The minimum absolute atomic E-state index is 0.581. The van der Waals surface area contributed by atoms with Gasteiger partial charge in [-0.1, -0.05) is 18.2 Å². The predicted octanol–water partition coefficient (Wildman–Crippen LogP) is 3.99. The van der Waals surface area contributed by atoms with Gasteiger partial charge in [0.05, 0.1) is 5.39 Å². The molecule has 3 aromatic heterocycles. The van der Waals surface area contributed by atoms with Gasteiger partial charge in [0, 0.05) is 37.2 Å². The molecule has 1 fully saturated rings. The van der Waals surface area contributed by atoms with Crippen molar-refractivity contribution in [2.24, 2.45) is 7.05 Å². The van der Waals surface area contributed by atoms with E-state index >= 15 is 0 Å². The van der Waals surface area contributed by atoms with Crippen LogP contribution in [0.5, 0.6) is 0 Å². The predicted molar refractivity (Wildman–Crippen MR) is 106 cm³/mol. The molecule has 0 atom stereocenters. The highest BCUT2D eigenvalue weighted by molar-refractivity contribution is 9.10. The van der Waals surface area contributed by atoms with Crippen molar-refractivity contribution < 1.29 is 0 Å². The molecule has 132 valence electrons. The van der Waals surface area contributed by atoms with Gasteiger partial charge in [-0.2, -0.15) is 5.10 Å². The van der Waals surface area contributed by atoms with Gasteiger partial charge in [0.25, 0.3) is 0 Å². The molecule has 0 saturated carbocycles. The van der Waals surface area contributed by atoms with E-state index in [0.717, 1.165) is 47.4 Å². The second-order valence-electron chi connectivity index (χ2n) is 6.86. The highest BCUT2D eigenvalue weighted by atomic mass is 79.9. The minimum Gasteiger partial charge on any atom is -0.361 e. The SMILES string of the molecule is Cn1nc(Br)c2c(N3CCC(c4c[nH]c5ccccc45)CC3)ncnc21. The number of anilines is 1. The Morgan fingerprint density at radius 2 is 1.96 bits per heavy atom. The lowest BCUT2D eigenvalue weighted by molar-refractivity contribution is 0.506. The van der Waals surface area contributed by atoms with Crippen LogP contribution < -0.4 is 4.90 Å². The smallest absolute Gasteiger partial charge is 0.164 e. The first-order chi connectivity index (χ1) is 12.7. The van der Waals surface area contributed by atoms with E-state index in [4.69, 9.17) is 0 Å². The van der Waals surface area contributed by atoms with Gasteiger partial charge >= 0.3 is 0 Å². The summed E-state index contributed by atoms with van der Waals surface area (Å²) in [4.78, 5) is 14.7. The first kappa shape index (κ1) is 15.8. The number of halogens is 1. The Bertz CT molecular complexity index is 1090. The molecular formula is C19H19BrN6. The number of aromatic amines is 1. The molecule has 1 aromatic carbocycles. The zero-order valence-corrected chi connectivity index (χ0v) is 16.1. The quantitative estimate of drug-likeness (QED) is 0.542. The highest BCUT2D eigenvalue weighted by Crippen LogP contribution is 2.36. The van der Waals surface area contributed by atoms with Crippen molar-refractivity contribution in [2.45, 2.75) is 18.8 Å². The Morgan fingerprint density at radius 3 is 2.81 bits per heavy atom. The summed E-state index contributed by atoms with van der Waals surface area (Å²) in [6, 6.07) is 8.56. The Morgan fingerprint density at radius 1 is 1.15 bits per heavy atom. The number of H-pyrrole nitrogens is 1. The van der Waals surface area contributed by atoms with Gasteiger partial charge in [-0.15, -0.1) is 0 Å². The molecular weight excluding hydrogens is 392 g/mol. The third kappa shape index (κ3) is 2.41. The fourth-order valence-corrected chi connectivity index (χ4v) is 4.69. The van der Waals surface area contributed by atoms with Gasteiger partial charge in [-0.05, 0) is 46.3 Å². The normalized spacial score (nSPS) is 16.0. The average molecular weight is 411 g/mol. The molecule has 0 aliphatic carbocycles. The van der Waals surface area contributed by atoms with Gasteiger partial charge in [-0.3, -0.25) is 0 Å². The van der Waals surface area contributed by atoms with E-state index in [1.54, 1.807) is 11.0 Å². The lowest BCUT2D eigenvalue weighted by Gasteiger charge is -2.33. The zero-order valence-electron chi connectivity index (χ0n) is 14.5. The van der Waals surface area contributed by atoms with Crippen molar-refractivity contribution in [3.8, 4) is 0 Å². The van der Waals surface area contributed by atoms with Crippen LogP contribution in [0.15, 0.2) is 41.4 Å². The number of fused-ring (bicyclic) bond motifs is 2. The van der Waals surface area contributed by atoms with Crippen LogP contribution in [-0.2, 0) is 7.05 Å². The fraction of sp³-hybridized carbons (Fsp3) is 0.316. The first-order valence-electron chi connectivity index (χ1n) is 8.86. The Balaban J connectivity index is 1.43. The molecule has 0 amide bonds. The number of rotatable bonds is 2. The maximum absolute atomic E-state index is 4.57. The Labute approximate surface area is 159 Å². The summed E-state index contributed by atoms with van der Waals surface area (Å²) < 4.78 is 2.60. The maximum atomic E-state index is 4.57. The monoisotopic (exact) mass is 410 g/mol. The number of hydrogen-bond acceptors (Lipinski definition) is 4. The second-order valence-corrected chi connectivity index (χ2v) is 7.61. The fourth-order valence-electron chi connectivity index (χ4n) is 4.10. The highest BCUT2D eigenvalue weighted by Gasteiger charge is 2.26. The van der Waals surface area contributed by atoms with Crippen molar-refractivity contribution in [3.63, 3.8) is 0 Å². The molecule has 0 bridgehead atoms. The standard InChI is InChI=1S/C19H19BrN6/c1-25-18-16(17(20)24-25)19(23-11-22-18)26-8-6-12(7-9-26)14-10-21-15-5-3-2-4-13(14)15/h2-5,10-12,21H,6-9H2,1H3. The van der Waals surface area contributed by atoms with Crippen molar-refractivity contribution in [1.82, 2.24) is 24.7 Å². The summed E-state index contributed by atoms with van der Waals surface area (Å²) in [5.74, 6) is 1.56. The Kier molecular flexibility index (Phi) is 3.70. The first-order valence-corrected chi connectivity index (χ1v) is 9.66. The van der Waals surface area contributed by atoms with Gasteiger partial charge in [-0.25, -0.2) is 14.6 Å². The largest absolute Gasteiger partial charge is 0.361 e. The number of para-hydroxylation sites is 1. The lowest BCUT2D eigenvalue weighted by atomic mass is 9.89. The molecule has 1 saturated heterocycles. The van der Waals surface area contributed by atoms with E-state index in [9.17, 15) is 0 Å². The molecule has 1 N–H and O–H groups in total. The number of benzene rings is 1. The van der Waals surface area contributed by atoms with Crippen LogP contribution in [0.25, 0.3) is 21.9 Å². The van der Waals surface area contributed by atoms with E-state index in [-0.39, 0.29) is 0 Å². The van der Waals surface area contributed by atoms with E-state index < -0.39 is 0 Å². The van der Waals surface area contributed by atoms with Crippen molar-refractivity contribution in [2.75, 3.05) is 18.0 Å². The van der Waals surface area contributed by atoms with E-state index in [1.807, 2.05) is 7.05 Å². The number of hydrogen-bond donors (Lipinski definition) is 1. The van der Waals surface area contributed by atoms with Crippen LogP contribution in [0.1, 0.15) is 24.3 Å². The second kappa shape index (κ2) is 6.09. The number of nitrogens with one attached hydrogen (secondary N) is 1.